The van der Waals surface area contributed by atoms with Gasteiger partial charge in [0, 0.05) is 7.05 Å². The number of carbonyl (C=O) groups excluding carboxylic acids is 1. The molecule has 0 aliphatic carbocycles. The molecule has 1 amide bonds. The summed E-state index contributed by atoms with van der Waals surface area (Å²) >= 11 is 10.8. The first-order chi connectivity index (χ1) is 9.93. The summed E-state index contributed by atoms with van der Waals surface area (Å²) < 4.78 is 8.00. The lowest BCUT2D eigenvalue weighted by Crippen LogP contribution is -2.22. The molecule has 2 rings (SSSR count). The maximum absolute atomic E-state index is 12.0. The first-order valence-corrected chi connectivity index (χ1v) is 9.09. The molecule has 0 bridgehead atoms. The molecule has 0 aromatic heterocycles. The average Bonchev–Trinajstić information content (AvgIpc) is 2.65. The highest BCUT2D eigenvalue weighted by molar-refractivity contribution is 14.1. The van der Waals surface area contributed by atoms with E-state index in [-0.39, 0.29) is 12.5 Å². The van der Waals surface area contributed by atoms with Gasteiger partial charge in [-0.05, 0) is 69.0 Å². The van der Waals surface area contributed by atoms with Crippen LogP contribution in [0.15, 0.2) is 17.0 Å². The lowest BCUT2D eigenvalue weighted by atomic mass is 10.2. The summed E-state index contributed by atoms with van der Waals surface area (Å²) in [7, 11) is 1.68. The number of amides is 1. The smallest absolute Gasteiger partial charge is 0.265 e. The van der Waals surface area contributed by atoms with Crippen LogP contribution in [0.3, 0.4) is 0 Å². The first-order valence-electron chi connectivity index (χ1n) is 5.71. The number of thioether (sulfide) groups is 1. The van der Waals surface area contributed by atoms with Crippen molar-refractivity contribution in [3.63, 3.8) is 0 Å². The molecule has 108 valence electrons. The predicted molar refractivity (Wildman–Crippen MR) is 107 cm³/mol. The molecule has 0 radical (unpaired) electrons. The summed E-state index contributed by atoms with van der Waals surface area (Å²) in [6.45, 7) is 0.236. The van der Waals surface area contributed by atoms with Gasteiger partial charge in [0.1, 0.15) is 16.7 Å². The minimum Gasteiger partial charge on any atom is -0.479 e. The number of carbonyl (C=O) groups is 1. The Labute approximate surface area is 160 Å². The van der Waals surface area contributed by atoms with Gasteiger partial charge in [-0.3, -0.25) is 9.69 Å². The van der Waals surface area contributed by atoms with Crippen molar-refractivity contribution in [3.05, 3.63) is 29.7 Å². The van der Waals surface area contributed by atoms with E-state index in [1.54, 1.807) is 7.05 Å². The van der Waals surface area contributed by atoms with Gasteiger partial charge in [-0.2, -0.15) is 0 Å². The highest BCUT2D eigenvalue weighted by Crippen LogP contribution is 2.34. The van der Waals surface area contributed by atoms with Crippen LogP contribution >= 0.6 is 69.2 Å². The number of nitrogens with zero attached hydrogens (tertiary/aromatic N) is 1. The summed E-state index contributed by atoms with van der Waals surface area (Å²) in [6, 6.07) is 3.91. The Bertz CT molecular complexity index is 672. The van der Waals surface area contributed by atoms with Gasteiger partial charge in [0.05, 0.1) is 12.0 Å². The molecule has 1 aliphatic heterocycles. The second kappa shape index (κ2) is 7.30. The number of ether oxygens (including phenoxy) is 1. The molecule has 1 fully saturated rings. The van der Waals surface area contributed by atoms with Crippen molar-refractivity contribution in [2.24, 2.45) is 0 Å². The Balaban J connectivity index is 2.33. The number of likely N-dealkylation sites (N-methyl/N-ethyl adjacent to an activating group) is 1. The number of hydrogen-bond donors (Lipinski definition) is 0. The molecule has 1 aromatic rings. The number of thiocarbonyl (C=S) groups is 1. The van der Waals surface area contributed by atoms with E-state index >= 15 is 0 Å². The van der Waals surface area contributed by atoms with E-state index in [0.29, 0.717) is 9.23 Å². The van der Waals surface area contributed by atoms with Crippen LogP contribution in [0.2, 0.25) is 0 Å². The Morgan fingerprint density at radius 2 is 2.10 bits per heavy atom. The summed E-state index contributed by atoms with van der Waals surface area (Å²) in [5.74, 6) is 3.16. The number of benzene rings is 1. The van der Waals surface area contributed by atoms with Crippen molar-refractivity contribution >= 4 is 85.5 Å². The van der Waals surface area contributed by atoms with E-state index in [1.165, 1.54) is 16.7 Å². The molecule has 1 aliphatic rings. The highest BCUT2D eigenvalue weighted by Gasteiger charge is 2.28. The second-order valence-electron chi connectivity index (χ2n) is 4.05. The zero-order valence-electron chi connectivity index (χ0n) is 10.9. The summed E-state index contributed by atoms with van der Waals surface area (Å²) in [6.07, 6.45) is 7.06. The summed E-state index contributed by atoms with van der Waals surface area (Å²) in [5.41, 5.74) is 0.936. The van der Waals surface area contributed by atoms with Crippen LogP contribution in [0.5, 0.6) is 5.75 Å². The molecule has 3 nitrogen and oxygen atoms in total. The third-order valence-corrected chi connectivity index (χ3v) is 5.69. The minimum absolute atomic E-state index is 0.0670. The fourth-order valence-corrected chi connectivity index (χ4v) is 4.92. The van der Waals surface area contributed by atoms with Crippen LogP contribution in [-0.2, 0) is 4.79 Å². The van der Waals surface area contributed by atoms with Gasteiger partial charge in [-0.15, -0.1) is 6.42 Å². The van der Waals surface area contributed by atoms with Crippen LogP contribution < -0.4 is 4.74 Å². The molecule has 1 heterocycles. The van der Waals surface area contributed by atoms with Crippen molar-refractivity contribution < 1.29 is 9.53 Å². The monoisotopic (exact) mass is 541 g/mol. The zero-order chi connectivity index (χ0) is 15.6. The number of rotatable bonds is 3. The Kier molecular flexibility index (Phi) is 5.93. The molecule has 0 unspecified atom stereocenters. The van der Waals surface area contributed by atoms with Crippen molar-refractivity contribution in [1.29, 1.82) is 0 Å². The van der Waals surface area contributed by atoms with Crippen LogP contribution in [0, 0.1) is 19.5 Å². The van der Waals surface area contributed by atoms with E-state index in [4.69, 9.17) is 23.4 Å². The molecule has 0 saturated carbocycles. The van der Waals surface area contributed by atoms with Gasteiger partial charge >= 0.3 is 0 Å². The lowest BCUT2D eigenvalue weighted by molar-refractivity contribution is -0.121. The van der Waals surface area contributed by atoms with Crippen LogP contribution in [0.25, 0.3) is 6.08 Å². The predicted octanol–water partition coefficient (Wildman–Crippen LogP) is 3.74. The Hall–Kier alpha value is -0.310. The van der Waals surface area contributed by atoms with Gasteiger partial charge < -0.3 is 4.74 Å². The van der Waals surface area contributed by atoms with E-state index in [9.17, 15) is 4.79 Å². The van der Waals surface area contributed by atoms with Crippen LogP contribution in [0.4, 0.5) is 0 Å². The topological polar surface area (TPSA) is 29.5 Å². The number of terminal acetylenes is 1. The fraction of sp³-hybridized carbons (Fsp3) is 0.143. The maximum atomic E-state index is 12.0. The summed E-state index contributed by atoms with van der Waals surface area (Å²) in [5, 5.41) is 0. The zero-order valence-corrected chi connectivity index (χ0v) is 16.8. The van der Waals surface area contributed by atoms with Gasteiger partial charge in [0.25, 0.3) is 5.91 Å². The molecule has 0 atom stereocenters. The fourth-order valence-electron chi connectivity index (χ4n) is 1.61. The SMILES string of the molecule is C#CCOc1c(I)cc(/C=C2/SC(=S)N(C)C2=O)cc1I. The molecule has 1 aromatic carbocycles. The van der Waals surface area contributed by atoms with Gasteiger partial charge in [0.2, 0.25) is 0 Å². The number of halogens is 2. The number of hydrogen-bond acceptors (Lipinski definition) is 4. The second-order valence-corrected chi connectivity index (χ2v) is 8.05. The Morgan fingerprint density at radius 3 is 2.57 bits per heavy atom. The van der Waals surface area contributed by atoms with E-state index in [1.807, 2.05) is 18.2 Å². The van der Waals surface area contributed by atoms with Crippen molar-refractivity contribution in [3.8, 4) is 18.1 Å². The molecule has 0 spiro atoms. The standard InChI is InChI=1S/C14H9I2NO2S2/c1-3-4-19-12-9(15)5-8(6-10(12)16)7-11-13(18)17(2)14(20)21-11/h1,5-7H,4H2,2H3/b11-7+. The lowest BCUT2D eigenvalue weighted by Gasteiger charge is -2.09. The normalized spacial score (nSPS) is 16.5. The van der Waals surface area contributed by atoms with E-state index in [2.05, 4.69) is 51.1 Å². The quantitative estimate of drug-likeness (QED) is 0.253. The molecular weight excluding hydrogens is 532 g/mol. The third-order valence-electron chi connectivity index (χ3n) is 2.60. The van der Waals surface area contributed by atoms with Gasteiger partial charge in [0.15, 0.2) is 0 Å². The van der Waals surface area contributed by atoms with Gasteiger partial charge in [-0.25, -0.2) is 0 Å². The third kappa shape index (κ3) is 3.91. The van der Waals surface area contributed by atoms with E-state index in [0.717, 1.165) is 18.5 Å². The van der Waals surface area contributed by atoms with Crippen molar-refractivity contribution in [2.75, 3.05) is 13.7 Å². The molecule has 1 saturated heterocycles. The minimum atomic E-state index is -0.0670. The highest BCUT2D eigenvalue weighted by atomic mass is 127. The Morgan fingerprint density at radius 1 is 1.48 bits per heavy atom. The van der Waals surface area contributed by atoms with Gasteiger partial charge in [-0.1, -0.05) is 29.9 Å². The largest absolute Gasteiger partial charge is 0.479 e. The van der Waals surface area contributed by atoms with Crippen LogP contribution in [0.1, 0.15) is 5.56 Å². The summed E-state index contributed by atoms with van der Waals surface area (Å²) in [4.78, 5) is 14.1. The van der Waals surface area contributed by atoms with Crippen molar-refractivity contribution in [1.82, 2.24) is 4.90 Å². The maximum Gasteiger partial charge on any atom is 0.265 e. The van der Waals surface area contributed by atoms with Crippen molar-refractivity contribution in [2.45, 2.75) is 0 Å². The molecular formula is C14H9I2NO2S2. The average molecular weight is 541 g/mol. The van der Waals surface area contributed by atoms with Crippen LogP contribution in [-0.4, -0.2) is 28.8 Å². The van der Waals surface area contributed by atoms with E-state index < -0.39 is 0 Å². The first kappa shape index (κ1) is 17.1. The molecule has 0 N–H and O–H groups in total. The molecule has 21 heavy (non-hydrogen) atoms. The molecule has 7 heteroatoms.